The minimum atomic E-state index is -0.203. The first-order chi connectivity index (χ1) is 14.8. The molecule has 0 bridgehead atoms. The van der Waals surface area contributed by atoms with E-state index in [0.29, 0.717) is 16.8 Å². The number of benzene rings is 1. The molecular weight excluding hydrogens is 396 g/mol. The van der Waals surface area contributed by atoms with E-state index < -0.39 is 0 Å². The zero-order valence-electron chi connectivity index (χ0n) is 15.8. The first-order valence-electron chi connectivity index (χ1n) is 9.32. The number of nitrogens with zero attached hydrogens (tertiary/aromatic N) is 3. The van der Waals surface area contributed by atoms with Crippen LogP contribution in [0.15, 0.2) is 83.6 Å². The first-order valence-corrected chi connectivity index (χ1v) is 10.2. The monoisotopic (exact) mass is 412 g/mol. The summed E-state index contributed by atoms with van der Waals surface area (Å²) < 4.78 is 6.22. The van der Waals surface area contributed by atoms with Crippen molar-refractivity contribution in [1.29, 1.82) is 0 Å². The minimum Gasteiger partial charge on any atom is -0.486 e. The molecule has 0 aliphatic heterocycles. The van der Waals surface area contributed by atoms with Crippen molar-refractivity contribution in [2.75, 3.05) is 0 Å². The molecule has 5 aromatic rings. The summed E-state index contributed by atoms with van der Waals surface area (Å²) >= 11 is 1.50. The smallest absolute Gasteiger partial charge is 0.260 e. The van der Waals surface area contributed by atoms with Gasteiger partial charge in [0, 0.05) is 40.0 Å². The number of ether oxygens (including phenoxy) is 1. The van der Waals surface area contributed by atoms with Crippen molar-refractivity contribution >= 4 is 22.2 Å². The molecule has 1 N–H and O–H groups in total. The molecule has 0 amide bonds. The van der Waals surface area contributed by atoms with Gasteiger partial charge < -0.3 is 9.72 Å². The Hall–Kier alpha value is -3.84. The van der Waals surface area contributed by atoms with Gasteiger partial charge in [-0.1, -0.05) is 24.3 Å². The fourth-order valence-corrected chi connectivity index (χ4v) is 4.16. The normalized spacial score (nSPS) is 10.9. The van der Waals surface area contributed by atoms with E-state index in [9.17, 15) is 4.79 Å². The third kappa shape index (κ3) is 3.35. The Bertz CT molecular complexity index is 1350. The van der Waals surface area contributed by atoms with Crippen molar-refractivity contribution in [2.45, 2.75) is 6.61 Å². The molecule has 0 aliphatic rings. The maximum atomic E-state index is 13.2. The van der Waals surface area contributed by atoms with Crippen LogP contribution in [-0.2, 0) is 6.61 Å². The molecule has 0 atom stereocenters. The molecule has 4 heterocycles. The van der Waals surface area contributed by atoms with Crippen LogP contribution in [0.5, 0.6) is 5.75 Å². The van der Waals surface area contributed by atoms with Crippen LogP contribution in [0.4, 0.5) is 0 Å². The molecule has 30 heavy (non-hydrogen) atoms. The van der Waals surface area contributed by atoms with E-state index >= 15 is 0 Å². The van der Waals surface area contributed by atoms with E-state index in [4.69, 9.17) is 4.74 Å². The third-order valence-corrected chi connectivity index (χ3v) is 5.62. The number of hydrogen-bond acceptors (Lipinski definition) is 6. The van der Waals surface area contributed by atoms with Gasteiger partial charge in [0.1, 0.15) is 18.7 Å². The second-order valence-corrected chi connectivity index (χ2v) is 7.55. The fourth-order valence-electron chi connectivity index (χ4n) is 3.39. The summed E-state index contributed by atoms with van der Waals surface area (Å²) in [5, 5.41) is 2.76. The molecule has 5 rings (SSSR count). The molecule has 6 nitrogen and oxygen atoms in total. The van der Waals surface area contributed by atoms with Crippen LogP contribution in [0.25, 0.3) is 32.5 Å². The average molecular weight is 412 g/mol. The van der Waals surface area contributed by atoms with Gasteiger partial charge >= 0.3 is 0 Å². The van der Waals surface area contributed by atoms with Gasteiger partial charge in [-0.25, -0.2) is 9.97 Å². The summed E-state index contributed by atoms with van der Waals surface area (Å²) in [7, 11) is 0. The Kier molecular flexibility index (Phi) is 4.78. The molecule has 0 saturated carbocycles. The van der Waals surface area contributed by atoms with Gasteiger partial charge in [-0.05, 0) is 29.6 Å². The molecule has 0 fully saturated rings. The second kappa shape index (κ2) is 7.88. The molecule has 0 radical (unpaired) electrons. The number of aromatic nitrogens is 4. The lowest BCUT2D eigenvalue weighted by Crippen LogP contribution is -2.12. The predicted molar refractivity (Wildman–Crippen MR) is 117 cm³/mol. The Balaban J connectivity index is 1.73. The van der Waals surface area contributed by atoms with Gasteiger partial charge in [0.2, 0.25) is 0 Å². The maximum Gasteiger partial charge on any atom is 0.260 e. The Labute approximate surface area is 175 Å². The standard InChI is InChI=1S/C23H16N4O2S/c28-23-20(19-8-4-10-30-19)22(29-13-16-5-1-2-9-26-16)18-7-3-6-17(21(18)27-23)15-11-24-14-25-12-15/h1-12,14H,13H2,(H,27,28). The maximum absolute atomic E-state index is 13.2. The lowest BCUT2D eigenvalue weighted by atomic mass is 10.0. The molecule has 1 aromatic carbocycles. The van der Waals surface area contributed by atoms with Gasteiger partial charge in [-0.2, -0.15) is 0 Å². The van der Waals surface area contributed by atoms with Crippen molar-refractivity contribution in [1.82, 2.24) is 19.9 Å². The number of aromatic amines is 1. The van der Waals surface area contributed by atoms with Gasteiger partial charge in [-0.15, -0.1) is 11.3 Å². The topological polar surface area (TPSA) is 80.8 Å². The minimum absolute atomic E-state index is 0.203. The van der Waals surface area contributed by atoms with Gasteiger partial charge in [0.05, 0.1) is 16.8 Å². The van der Waals surface area contributed by atoms with Crippen LogP contribution in [0, 0.1) is 0 Å². The molecule has 0 unspecified atom stereocenters. The lowest BCUT2D eigenvalue weighted by molar-refractivity contribution is 0.306. The van der Waals surface area contributed by atoms with Gasteiger partial charge in [-0.3, -0.25) is 9.78 Å². The highest BCUT2D eigenvalue weighted by Gasteiger charge is 2.19. The summed E-state index contributed by atoms with van der Waals surface area (Å²) in [6.45, 7) is 0.260. The van der Waals surface area contributed by atoms with E-state index in [-0.39, 0.29) is 12.2 Å². The van der Waals surface area contributed by atoms with Crippen LogP contribution in [0.2, 0.25) is 0 Å². The van der Waals surface area contributed by atoms with Crippen LogP contribution < -0.4 is 10.3 Å². The van der Waals surface area contributed by atoms with Crippen molar-refractivity contribution in [3.05, 3.63) is 94.9 Å². The van der Waals surface area contributed by atoms with Crippen LogP contribution in [-0.4, -0.2) is 19.9 Å². The number of hydrogen-bond donors (Lipinski definition) is 1. The molecule has 0 aliphatic carbocycles. The Morgan fingerprint density at radius 3 is 2.67 bits per heavy atom. The molecular formula is C23H16N4O2S. The number of fused-ring (bicyclic) bond motifs is 1. The number of nitrogens with one attached hydrogen (secondary N) is 1. The second-order valence-electron chi connectivity index (χ2n) is 6.60. The highest BCUT2D eigenvalue weighted by Crippen LogP contribution is 2.38. The van der Waals surface area contributed by atoms with Crippen LogP contribution in [0.3, 0.4) is 0 Å². The molecule has 7 heteroatoms. The number of rotatable bonds is 5. The summed E-state index contributed by atoms with van der Waals surface area (Å²) in [6, 6.07) is 15.3. The molecule has 0 saturated heterocycles. The van der Waals surface area contributed by atoms with E-state index in [2.05, 4.69) is 19.9 Å². The molecule has 0 spiro atoms. The SMILES string of the molecule is O=c1[nH]c2c(-c3cncnc3)cccc2c(OCc2ccccn2)c1-c1cccs1. The zero-order valence-corrected chi connectivity index (χ0v) is 16.6. The van der Waals surface area contributed by atoms with Crippen LogP contribution in [0.1, 0.15) is 5.69 Å². The summed E-state index contributed by atoms with van der Waals surface area (Å²) in [4.78, 5) is 29.6. The van der Waals surface area contributed by atoms with Gasteiger partial charge in [0.25, 0.3) is 5.56 Å². The highest BCUT2D eigenvalue weighted by atomic mass is 32.1. The first kappa shape index (κ1) is 18.2. The zero-order chi connectivity index (χ0) is 20.3. The number of pyridine rings is 2. The fraction of sp³-hybridized carbons (Fsp3) is 0.0435. The third-order valence-electron chi connectivity index (χ3n) is 4.73. The number of H-pyrrole nitrogens is 1. The Morgan fingerprint density at radius 2 is 1.90 bits per heavy atom. The molecule has 4 aromatic heterocycles. The van der Waals surface area contributed by atoms with Crippen LogP contribution >= 0.6 is 11.3 Å². The largest absolute Gasteiger partial charge is 0.486 e. The lowest BCUT2D eigenvalue weighted by Gasteiger charge is -2.15. The van der Waals surface area contributed by atoms with Crippen molar-refractivity contribution in [3.8, 4) is 27.3 Å². The number of thiophene rings is 1. The van der Waals surface area contributed by atoms with Crippen molar-refractivity contribution in [3.63, 3.8) is 0 Å². The van der Waals surface area contributed by atoms with E-state index in [1.165, 1.54) is 17.7 Å². The van der Waals surface area contributed by atoms with Crippen molar-refractivity contribution < 1.29 is 4.74 Å². The molecule has 146 valence electrons. The predicted octanol–water partition coefficient (Wildman–Crippen LogP) is 4.69. The van der Waals surface area contributed by atoms with E-state index in [1.54, 1.807) is 18.6 Å². The van der Waals surface area contributed by atoms with Crippen molar-refractivity contribution in [2.24, 2.45) is 0 Å². The average Bonchev–Trinajstić information content (AvgIpc) is 3.32. The van der Waals surface area contributed by atoms with E-state index in [1.807, 2.05) is 53.9 Å². The van der Waals surface area contributed by atoms with Gasteiger partial charge in [0.15, 0.2) is 0 Å². The summed E-state index contributed by atoms with van der Waals surface area (Å²) in [5.41, 5.74) is 3.45. The van der Waals surface area contributed by atoms with E-state index in [0.717, 1.165) is 27.1 Å². The Morgan fingerprint density at radius 1 is 1.00 bits per heavy atom. The highest BCUT2D eigenvalue weighted by molar-refractivity contribution is 7.13. The number of para-hydroxylation sites is 1. The summed E-state index contributed by atoms with van der Waals surface area (Å²) in [6.07, 6.45) is 6.65. The quantitative estimate of drug-likeness (QED) is 0.453. The summed E-state index contributed by atoms with van der Waals surface area (Å²) in [5.74, 6) is 0.542.